The molecule has 1 spiro atoms. The summed E-state index contributed by atoms with van der Waals surface area (Å²) < 4.78 is 11.5. The maximum atomic E-state index is 11.8. The molecule has 2 aliphatic heterocycles. The Hall–Kier alpha value is -1.09. The second-order valence-electron chi connectivity index (χ2n) is 6.44. The zero-order chi connectivity index (χ0) is 17.9. The lowest BCUT2D eigenvalue weighted by Crippen LogP contribution is -2.45. The quantitative estimate of drug-likeness (QED) is 0.471. The molecule has 3 heterocycles. The smallest absolute Gasteiger partial charge is 0.230 e. The van der Waals surface area contributed by atoms with Crippen LogP contribution in [-0.4, -0.2) is 59.8 Å². The lowest BCUT2D eigenvalue weighted by Gasteiger charge is -2.38. The molecule has 3 rings (SSSR count). The van der Waals surface area contributed by atoms with E-state index in [9.17, 15) is 4.79 Å². The summed E-state index contributed by atoms with van der Waals surface area (Å²) in [6, 6.07) is 1.87. The minimum atomic E-state index is -0.417. The van der Waals surface area contributed by atoms with Crippen molar-refractivity contribution in [1.82, 2.24) is 15.3 Å². The number of rotatable bonds is 5. The number of ether oxygens (including phenoxy) is 2. The van der Waals surface area contributed by atoms with Gasteiger partial charge >= 0.3 is 0 Å². The molecule has 0 unspecified atom stereocenters. The van der Waals surface area contributed by atoms with Gasteiger partial charge in [0.25, 0.3) is 0 Å². The summed E-state index contributed by atoms with van der Waals surface area (Å²) >= 11 is 7.44. The van der Waals surface area contributed by atoms with Gasteiger partial charge in [-0.3, -0.25) is 4.79 Å². The molecule has 7 nitrogen and oxygen atoms in total. The molecule has 2 fully saturated rings. The summed E-state index contributed by atoms with van der Waals surface area (Å²) in [4.78, 5) is 22.7. The number of aromatic nitrogens is 2. The van der Waals surface area contributed by atoms with Crippen molar-refractivity contribution in [3.63, 3.8) is 0 Å². The van der Waals surface area contributed by atoms with Crippen LogP contribution in [0, 0.1) is 0 Å². The molecular formula is C16H23ClN4O3S. The van der Waals surface area contributed by atoms with Gasteiger partial charge < -0.3 is 19.7 Å². The largest absolute Gasteiger partial charge is 0.356 e. The number of carbonyl (C=O) groups excluding carboxylic acids is 1. The number of hydrogen-bond donors (Lipinski definition) is 1. The first-order valence-electron chi connectivity index (χ1n) is 8.45. The number of nitrogens with one attached hydrogen (secondary N) is 1. The van der Waals surface area contributed by atoms with Crippen molar-refractivity contribution in [2.24, 2.45) is 0 Å². The molecule has 0 aromatic carbocycles. The summed E-state index contributed by atoms with van der Waals surface area (Å²) in [7, 11) is 0. The first kappa shape index (κ1) is 18.7. The lowest BCUT2D eigenvalue weighted by atomic mass is 10.0. The van der Waals surface area contributed by atoms with Crippen molar-refractivity contribution in [3.05, 3.63) is 11.2 Å². The minimum Gasteiger partial charge on any atom is -0.356 e. The highest BCUT2D eigenvalue weighted by molar-refractivity contribution is 7.99. The highest BCUT2D eigenvalue weighted by atomic mass is 35.5. The minimum absolute atomic E-state index is 0.0411. The standard InChI is InChI=1S/C16H23ClN4O3S/c1-11(2)18-14(22)10-25-15-19-12(17)9-13(20-15)21-5-3-16(4-6-21)23-7-8-24-16/h9,11H,3-8,10H2,1-2H3,(H,18,22). The molecule has 1 amide bonds. The summed E-state index contributed by atoms with van der Waals surface area (Å²) in [6.45, 7) is 6.75. The Morgan fingerprint density at radius 2 is 2.04 bits per heavy atom. The van der Waals surface area contributed by atoms with Gasteiger partial charge in [0, 0.05) is 38.0 Å². The van der Waals surface area contributed by atoms with Crippen LogP contribution in [0.3, 0.4) is 0 Å². The fourth-order valence-corrected chi connectivity index (χ4v) is 3.86. The molecule has 25 heavy (non-hydrogen) atoms. The monoisotopic (exact) mass is 386 g/mol. The fraction of sp³-hybridized carbons (Fsp3) is 0.688. The highest BCUT2D eigenvalue weighted by Crippen LogP contribution is 2.33. The van der Waals surface area contributed by atoms with Gasteiger partial charge in [-0.15, -0.1) is 0 Å². The zero-order valence-electron chi connectivity index (χ0n) is 14.5. The second-order valence-corrected chi connectivity index (χ2v) is 7.77. The molecule has 1 N–H and O–H groups in total. The molecule has 2 saturated heterocycles. The van der Waals surface area contributed by atoms with Gasteiger partial charge in [0.15, 0.2) is 10.9 Å². The van der Waals surface area contributed by atoms with E-state index in [-0.39, 0.29) is 17.7 Å². The summed E-state index contributed by atoms with van der Waals surface area (Å²) in [6.07, 6.45) is 1.60. The Labute approximate surface area is 156 Å². The van der Waals surface area contributed by atoms with E-state index in [1.807, 2.05) is 13.8 Å². The molecule has 9 heteroatoms. The summed E-state index contributed by atoms with van der Waals surface area (Å²) in [5, 5.41) is 3.74. The predicted molar refractivity (Wildman–Crippen MR) is 97.1 cm³/mol. The van der Waals surface area contributed by atoms with Gasteiger partial charge in [-0.25, -0.2) is 9.97 Å². The average Bonchev–Trinajstić information content (AvgIpc) is 3.01. The fourth-order valence-electron chi connectivity index (χ4n) is 2.97. The van der Waals surface area contributed by atoms with Crippen LogP contribution in [0.1, 0.15) is 26.7 Å². The van der Waals surface area contributed by atoms with Crippen LogP contribution >= 0.6 is 23.4 Å². The van der Waals surface area contributed by atoms with E-state index >= 15 is 0 Å². The van der Waals surface area contributed by atoms with Crippen LogP contribution in [0.15, 0.2) is 11.2 Å². The third-order valence-corrected chi connectivity index (χ3v) is 5.15. The number of nitrogens with zero attached hydrogens (tertiary/aromatic N) is 3. The third-order valence-electron chi connectivity index (χ3n) is 4.11. The second kappa shape index (κ2) is 8.07. The molecule has 0 bridgehead atoms. The molecular weight excluding hydrogens is 364 g/mol. The normalized spacial score (nSPS) is 19.6. The Balaban J connectivity index is 1.61. The van der Waals surface area contributed by atoms with E-state index in [2.05, 4.69) is 20.2 Å². The van der Waals surface area contributed by atoms with Gasteiger partial charge in [-0.1, -0.05) is 23.4 Å². The summed E-state index contributed by atoms with van der Waals surface area (Å²) in [5.74, 6) is 0.586. The number of carbonyl (C=O) groups is 1. The number of thioether (sulfide) groups is 1. The van der Waals surface area contributed by atoms with Gasteiger partial charge in [-0.2, -0.15) is 0 Å². The number of amides is 1. The number of piperidine rings is 1. The van der Waals surface area contributed by atoms with E-state index in [0.717, 1.165) is 31.7 Å². The highest BCUT2D eigenvalue weighted by Gasteiger charge is 2.40. The van der Waals surface area contributed by atoms with Crippen LogP contribution in [0.4, 0.5) is 5.82 Å². The van der Waals surface area contributed by atoms with Crippen LogP contribution in [0.5, 0.6) is 0 Å². The topological polar surface area (TPSA) is 76.6 Å². The van der Waals surface area contributed by atoms with Crippen molar-refractivity contribution < 1.29 is 14.3 Å². The van der Waals surface area contributed by atoms with E-state index < -0.39 is 5.79 Å². The third kappa shape index (κ3) is 4.97. The van der Waals surface area contributed by atoms with Crippen molar-refractivity contribution in [3.8, 4) is 0 Å². The Morgan fingerprint density at radius 1 is 1.36 bits per heavy atom. The molecule has 0 radical (unpaired) electrons. The molecule has 1 aromatic rings. The van der Waals surface area contributed by atoms with Crippen molar-refractivity contribution in [2.45, 2.75) is 43.7 Å². The van der Waals surface area contributed by atoms with Crippen molar-refractivity contribution in [1.29, 1.82) is 0 Å². The predicted octanol–water partition coefficient (Wildman–Crippen LogP) is 2.09. The van der Waals surface area contributed by atoms with Gasteiger partial charge in [0.1, 0.15) is 11.0 Å². The maximum absolute atomic E-state index is 11.8. The molecule has 0 aliphatic carbocycles. The van der Waals surface area contributed by atoms with E-state index in [1.54, 1.807) is 6.07 Å². The van der Waals surface area contributed by atoms with Gasteiger partial charge in [0.05, 0.1) is 19.0 Å². The van der Waals surface area contributed by atoms with Crippen LogP contribution in [0.2, 0.25) is 5.15 Å². The van der Waals surface area contributed by atoms with Crippen molar-refractivity contribution in [2.75, 3.05) is 37.0 Å². The van der Waals surface area contributed by atoms with Gasteiger partial charge in [-0.05, 0) is 13.8 Å². The van der Waals surface area contributed by atoms with Crippen LogP contribution in [-0.2, 0) is 14.3 Å². The molecule has 0 saturated carbocycles. The van der Waals surface area contributed by atoms with Crippen molar-refractivity contribution >= 4 is 35.1 Å². The first-order chi connectivity index (χ1) is 12.0. The average molecular weight is 387 g/mol. The number of anilines is 1. The van der Waals surface area contributed by atoms with Crippen LogP contribution < -0.4 is 10.2 Å². The first-order valence-corrected chi connectivity index (χ1v) is 9.82. The molecule has 2 aliphatic rings. The number of halogens is 1. The summed E-state index contributed by atoms with van der Waals surface area (Å²) in [5.41, 5.74) is 0. The molecule has 0 atom stereocenters. The number of hydrogen-bond acceptors (Lipinski definition) is 7. The Morgan fingerprint density at radius 3 is 2.68 bits per heavy atom. The lowest BCUT2D eigenvalue weighted by molar-refractivity contribution is -0.169. The van der Waals surface area contributed by atoms with E-state index in [1.165, 1.54) is 11.8 Å². The Bertz CT molecular complexity index is 615. The Kier molecular flexibility index (Phi) is 6.04. The van der Waals surface area contributed by atoms with E-state index in [4.69, 9.17) is 21.1 Å². The van der Waals surface area contributed by atoms with Gasteiger partial charge in [0.2, 0.25) is 5.91 Å². The van der Waals surface area contributed by atoms with E-state index in [0.29, 0.717) is 23.5 Å². The SMILES string of the molecule is CC(C)NC(=O)CSc1nc(Cl)cc(N2CCC3(CC2)OCCO3)n1. The van der Waals surface area contributed by atoms with Crippen LogP contribution in [0.25, 0.3) is 0 Å². The zero-order valence-corrected chi connectivity index (χ0v) is 16.0. The maximum Gasteiger partial charge on any atom is 0.230 e. The molecule has 138 valence electrons. The molecule has 1 aromatic heterocycles.